The molecule has 1 heteroatoms. The molecular formula is C13H12O. The topological polar surface area (TPSA) is 13.1 Å². The van der Waals surface area contributed by atoms with E-state index in [0.29, 0.717) is 0 Å². The summed E-state index contributed by atoms with van der Waals surface area (Å²) in [5.41, 5.74) is 3.15. The van der Waals surface area contributed by atoms with Crippen molar-refractivity contribution >= 4 is 17.0 Å². The Morgan fingerprint density at radius 1 is 1.36 bits per heavy atom. The van der Waals surface area contributed by atoms with Crippen LogP contribution in [0.3, 0.4) is 0 Å². The van der Waals surface area contributed by atoms with E-state index < -0.39 is 0 Å². The lowest BCUT2D eigenvalue weighted by Gasteiger charge is -1.93. The first kappa shape index (κ1) is 8.82. The second-order valence-corrected chi connectivity index (χ2v) is 3.40. The smallest absolute Gasteiger partial charge is 0.133 e. The maximum absolute atomic E-state index is 5.26. The van der Waals surface area contributed by atoms with Crippen LogP contribution in [-0.2, 0) is 0 Å². The van der Waals surface area contributed by atoms with Gasteiger partial charge >= 0.3 is 0 Å². The SMILES string of the molecule is C=C(C)/C=C\c1ccc2occc2c1. The Morgan fingerprint density at radius 3 is 3.00 bits per heavy atom. The molecule has 1 aromatic heterocycles. The number of fused-ring (bicyclic) bond motifs is 1. The zero-order valence-electron chi connectivity index (χ0n) is 8.16. The maximum atomic E-state index is 5.26. The van der Waals surface area contributed by atoms with Crippen LogP contribution in [0.2, 0.25) is 0 Å². The fraction of sp³-hybridized carbons (Fsp3) is 0.0769. The van der Waals surface area contributed by atoms with E-state index in [1.807, 2.05) is 31.2 Å². The van der Waals surface area contributed by atoms with Crippen LogP contribution in [0, 0.1) is 0 Å². The molecule has 0 saturated heterocycles. The Labute approximate surface area is 83.4 Å². The molecule has 0 fully saturated rings. The Kier molecular flexibility index (Phi) is 2.23. The zero-order valence-corrected chi connectivity index (χ0v) is 8.16. The molecule has 2 rings (SSSR count). The highest BCUT2D eigenvalue weighted by atomic mass is 16.3. The molecule has 0 bridgehead atoms. The van der Waals surface area contributed by atoms with Crippen LogP contribution >= 0.6 is 0 Å². The summed E-state index contributed by atoms with van der Waals surface area (Å²) in [6, 6.07) is 8.07. The van der Waals surface area contributed by atoms with E-state index in [1.165, 1.54) is 5.56 Å². The third kappa shape index (κ3) is 1.77. The van der Waals surface area contributed by atoms with Crippen molar-refractivity contribution in [2.45, 2.75) is 6.92 Å². The Morgan fingerprint density at radius 2 is 2.21 bits per heavy atom. The summed E-state index contributed by atoms with van der Waals surface area (Å²) in [4.78, 5) is 0. The monoisotopic (exact) mass is 184 g/mol. The molecule has 70 valence electrons. The minimum Gasteiger partial charge on any atom is -0.464 e. The highest BCUT2D eigenvalue weighted by Gasteiger charge is 1.95. The van der Waals surface area contributed by atoms with E-state index in [0.717, 1.165) is 16.5 Å². The first-order chi connectivity index (χ1) is 6.75. The van der Waals surface area contributed by atoms with E-state index in [1.54, 1.807) is 6.26 Å². The van der Waals surface area contributed by atoms with E-state index >= 15 is 0 Å². The summed E-state index contributed by atoms with van der Waals surface area (Å²) >= 11 is 0. The number of rotatable bonds is 2. The summed E-state index contributed by atoms with van der Waals surface area (Å²) in [5.74, 6) is 0. The zero-order chi connectivity index (χ0) is 9.97. The van der Waals surface area contributed by atoms with Crippen molar-refractivity contribution in [2.75, 3.05) is 0 Å². The molecule has 1 nitrogen and oxygen atoms in total. The highest BCUT2D eigenvalue weighted by Crippen LogP contribution is 2.17. The van der Waals surface area contributed by atoms with Crippen LogP contribution in [0.5, 0.6) is 0 Å². The average Bonchev–Trinajstić information content (AvgIpc) is 2.61. The first-order valence-corrected chi connectivity index (χ1v) is 4.56. The minimum absolute atomic E-state index is 0.928. The predicted molar refractivity (Wildman–Crippen MR) is 60.1 cm³/mol. The second-order valence-electron chi connectivity index (χ2n) is 3.40. The molecule has 0 spiro atoms. The quantitative estimate of drug-likeness (QED) is 0.642. The van der Waals surface area contributed by atoms with Gasteiger partial charge in [-0.15, -0.1) is 0 Å². The standard InChI is InChI=1S/C13H12O/c1-10(2)3-4-11-5-6-13-12(9-11)7-8-14-13/h3-9H,1H2,2H3/b4-3-. The van der Waals surface area contributed by atoms with Gasteiger partial charge in [-0.3, -0.25) is 0 Å². The number of allylic oxidation sites excluding steroid dienone is 2. The van der Waals surface area contributed by atoms with Gasteiger partial charge in [-0.05, 0) is 30.7 Å². The third-order valence-corrected chi connectivity index (χ3v) is 2.04. The molecule has 0 saturated carbocycles. The molecule has 1 heterocycles. The average molecular weight is 184 g/mol. The van der Waals surface area contributed by atoms with Crippen molar-refractivity contribution < 1.29 is 4.42 Å². The van der Waals surface area contributed by atoms with Crippen LogP contribution in [0.1, 0.15) is 12.5 Å². The van der Waals surface area contributed by atoms with Crippen LogP contribution < -0.4 is 0 Å². The van der Waals surface area contributed by atoms with Gasteiger partial charge in [0.15, 0.2) is 0 Å². The molecule has 0 aliphatic carbocycles. The van der Waals surface area contributed by atoms with Gasteiger partial charge in [0.25, 0.3) is 0 Å². The summed E-state index contributed by atoms with van der Waals surface area (Å²) in [5, 5.41) is 1.13. The van der Waals surface area contributed by atoms with Gasteiger partial charge < -0.3 is 4.42 Å². The van der Waals surface area contributed by atoms with E-state index in [-0.39, 0.29) is 0 Å². The Balaban J connectivity index is 2.39. The van der Waals surface area contributed by atoms with Gasteiger partial charge in [0, 0.05) is 5.39 Å². The second kappa shape index (κ2) is 3.54. The van der Waals surface area contributed by atoms with Gasteiger partial charge in [0.2, 0.25) is 0 Å². The van der Waals surface area contributed by atoms with Crippen LogP contribution in [0.25, 0.3) is 17.0 Å². The molecule has 0 atom stereocenters. The molecular weight excluding hydrogens is 172 g/mol. The van der Waals surface area contributed by atoms with Crippen molar-refractivity contribution in [2.24, 2.45) is 0 Å². The molecule has 0 aliphatic heterocycles. The van der Waals surface area contributed by atoms with Gasteiger partial charge in [-0.1, -0.05) is 30.4 Å². The molecule has 14 heavy (non-hydrogen) atoms. The van der Waals surface area contributed by atoms with Crippen molar-refractivity contribution in [3.8, 4) is 0 Å². The van der Waals surface area contributed by atoms with Crippen molar-refractivity contribution in [1.29, 1.82) is 0 Å². The maximum Gasteiger partial charge on any atom is 0.133 e. The first-order valence-electron chi connectivity index (χ1n) is 4.56. The van der Waals surface area contributed by atoms with Gasteiger partial charge in [-0.2, -0.15) is 0 Å². The third-order valence-electron chi connectivity index (χ3n) is 2.04. The largest absolute Gasteiger partial charge is 0.464 e. The number of benzene rings is 1. The Bertz CT molecular complexity index is 489. The highest BCUT2D eigenvalue weighted by molar-refractivity contribution is 5.80. The van der Waals surface area contributed by atoms with Gasteiger partial charge in [0.1, 0.15) is 5.58 Å². The van der Waals surface area contributed by atoms with Crippen LogP contribution in [0.15, 0.2) is 53.2 Å². The van der Waals surface area contributed by atoms with Crippen molar-refractivity contribution in [1.82, 2.24) is 0 Å². The molecule has 1 aromatic carbocycles. The molecule has 2 aromatic rings. The van der Waals surface area contributed by atoms with Crippen LogP contribution in [0.4, 0.5) is 0 Å². The molecule has 0 unspecified atom stereocenters. The molecule has 0 amide bonds. The number of furan rings is 1. The van der Waals surface area contributed by atoms with E-state index in [2.05, 4.69) is 18.7 Å². The lowest BCUT2D eigenvalue weighted by molar-refractivity contribution is 0.616. The number of hydrogen-bond acceptors (Lipinski definition) is 1. The van der Waals surface area contributed by atoms with Crippen LogP contribution in [-0.4, -0.2) is 0 Å². The number of hydrogen-bond donors (Lipinski definition) is 0. The normalized spacial score (nSPS) is 11.2. The summed E-state index contributed by atoms with van der Waals surface area (Å²) in [7, 11) is 0. The summed E-state index contributed by atoms with van der Waals surface area (Å²) in [6.45, 7) is 5.80. The lowest BCUT2D eigenvalue weighted by Crippen LogP contribution is -1.71. The minimum atomic E-state index is 0.928. The summed E-state index contributed by atoms with van der Waals surface area (Å²) in [6.07, 6.45) is 5.76. The van der Waals surface area contributed by atoms with E-state index in [9.17, 15) is 0 Å². The molecule has 0 radical (unpaired) electrons. The fourth-order valence-electron chi connectivity index (χ4n) is 1.33. The Hall–Kier alpha value is -1.76. The summed E-state index contributed by atoms with van der Waals surface area (Å²) < 4.78 is 5.26. The molecule has 0 aliphatic rings. The predicted octanol–water partition coefficient (Wildman–Crippen LogP) is 4.02. The molecule has 0 N–H and O–H groups in total. The van der Waals surface area contributed by atoms with Gasteiger partial charge in [0.05, 0.1) is 6.26 Å². The van der Waals surface area contributed by atoms with Crippen molar-refractivity contribution in [3.63, 3.8) is 0 Å². The van der Waals surface area contributed by atoms with Crippen molar-refractivity contribution in [3.05, 3.63) is 54.3 Å². The lowest BCUT2D eigenvalue weighted by atomic mass is 10.1. The van der Waals surface area contributed by atoms with E-state index in [4.69, 9.17) is 4.42 Å². The van der Waals surface area contributed by atoms with Gasteiger partial charge in [-0.25, -0.2) is 0 Å². The fourth-order valence-corrected chi connectivity index (χ4v) is 1.33.